The Morgan fingerprint density at radius 3 is 2.56 bits per heavy atom. The SMILES string of the molecule is CC(C)CCCC(C)NC(=O)c1ccccc1CN1C(=O)CNC1=O. The smallest absolute Gasteiger partial charge is 0.324 e. The number of benzene rings is 1. The predicted octanol–water partition coefficient (Wildman–Crippen LogP) is 2.68. The van der Waals surface area contributed by atoms with Gasteiger partial charge in [-0.2, -0.15) is 0 Å². The number of carbonyl (C=O) groups excluding carboxylic acids is 3. The lowest BCUT2D eigenvalue weighted by molar-refractivity contribution is -0.125. The molecule has 1 aliphatic rings. The molecule has 136 valence electrons. The largest absolute Gasteiger partial charge is 0.350 e. The Balaban J connectivity index is 2.00. The molecule has 1 fully saturated rings. The van der Waals surface area contributed by atoms with Gasteiger partial charge in [-0.05, 0) is 30.9 Å². The zero-order valence-electron chi connectivity index (χ0n) is 15.2. The van der Waals surface area contributed by atoms with E-state index in [9.17, 15) is 14.4 Å². The highest BCUT2D eigenvalue weighted by atomic mass is 16.2. The Morgan fingerprint density at radius 2 is 1.92 bits per heavy atom. The van der Waals surface area contributed by atoms with Crippen molar-refractivity contribution < 1.29 is 14.4 Å². The summed E-state index contributed by atoms with van der Waals surface area (Å²) >= 11 is 0. The molecule has 25 heavy (non-hydrogen) atoms. The molecule has 0 aliphatic carbocycles. The number of imide groups is 1. The molecule has 1 atom stereocenters. The Labute approximate surface area is 149 Å². The summed E-state index contributed by atoms with van der Waals surface area (Å²) in [6, 6.07) is 6.75. The molecule has 1 aromatic rings. The summed E-state index contributed by atoms with van der Waals surface area (Å²) in [6.45, 7) is 6.50. The number of hydrogen-bond donors (Lipinski definition) is 2. The first-order valence-corrected chi connectivity index (χ1v) is 8.85. The molecule has 4 amide bonds. The lowest BCUT2D eigenvalue weighted by Gasteiger charge is -2.18. The number of hydrogen-bond acceptors (Lipinski definition) is 3. The van der Waals surface area contributed by atoms with Gasteiger partial charge >= 0.3 is 6.03 Å². The second kappa shape index (κ2) is 8.65. The van der Waals surface area contributed by atoms with E-state index in [0.29, 0.717) is 17.0 Å². The molecule has 0 bridgehead atoms. The quantitative estimate of drug-likeness (QED) is 0.711. The molecule has 2 N–H and O–H groups in total. The van der Waals surface area contributed by atoms with E-state index in [0.717, 1.165) is 24.2 Å². The molecule has 6 heteroatoms. The minimum absolute atomic E-state index is 0.0140. The highest BCUT2D eigenvalue weighted by Gasteiger charge is 2.29. The van der Waals surface area contributed by atoms with Crippen LogP contribution in [0, 0.1) is 5.92 Å². The average Bonchev–Trinajstić information content (AvgIpc) is 2.87. The van der Waals surface area contributed by atoms with Crippen molar-refractivity contribution in [2.75, 3.05) is 6.54 Å². The van der Waals surface area contributed by atoms with Crippen LogP contribution in [-0.2, 0) is 11.3 Å². The first-order valence-electron chi connectivity index (χ1n) is 8.85. The van der Waals surface area contributed by atoms with Crippen LogP contribution in [0.2, 0.25) is 0 Å². The van der Waals surface area contributed by atoms with Crippen LogP contribution in [0.5, 0.6) is 0 Å². The van der Waals surface area contributed by atoms with Gasteiger partial charge < -0.3 is 10.6 Å². The van der Waals surface area contributed by atoms with Crippen LogP contribution in [0.1, 0.15) is 56.0 Å². The predicted molar refractivity (Wildman–Crippen MR) is 96.0 cm³/mol. The van der Waals surface area contributed by atoms with Crippen molar-refractivity contribution in [1.82, 2.24) is 15.5 Å². The second-order valence-corrected chi connectivity index (χ2v) is 6.99. The molecular weight excluding hydrogens is 318 g/mol. The van der Waals surface area contributed by atoms with E-state index >= 15 is 0 Å². The molecule has 1 saturated heterocycles. The van der Waals surface area contributed by atoms with Gasteiger partial charge in [0.25, 0.3) is 5.91 Å². The Morgan fingerprint density at radius 1 is 1.20 bits per heavy atom. The van der Waals surface area contributed by atoms with Crippen molar-refractivity contribution in [2.45, 2.75) is 52.6 Å². The molecular formula is C19H27N3O3. The zero-order valence-corrected chi connectivity index (χ0v) is 15.2. The van der Waals surface area contributed by atoms with Crippen molar-refractivity contribution in [1.29, 1.82) is 0 Å². The summed E-state index contributed by atoms with van der Waals surface area (Å²) in [6.07, 6.45) is 3.14. The maximum atomic E-state index is 12.6. The van der Waals surface area contributed by atoms with Crippen molar-refractivity contribution in [3.8, 4) is 0 Å². The van der Waals surface area contributed by atoms with Crippen LogP contribution < -0.4 is 10.6 Å². The van der Waals surface area contributed by atoms with Crippen LogP contribution >= 0.6 is 0 Å². The summed E-state index contributed by atoms with van der Waals surface area (Å²) in [7, 11) is 0. The van der Waals surface area contributed by atoms with Gasteiger partial charge in [0, 0.05) is 11.6 Å². The number of urea groups is 1. The summed E-state index contributed by atoms with van der Waals surface area (Å²) in [5, 5.41) is 5.50. The summed E-state index contributed by atoms with van der Waals surface area (Å²) in [5.41, 5.74) is 1.17. The van der Waals surface area contributed by atoms with E-state index in [1.165, 1.54) is 0 Å². The zero-order chi connectivity index (χ0) is 18.4. The minimum atomic E-state index is -0.415. The number of nitrogens with zero attached hydrogens (tertiary/aromatic N) is 1. The van der Waals surface area contributed by atoms with Crippen molar-refractivity contribution in [2.24, 2.45) is 5.92 Å². The van der Waals surface area contributed by atoms with Gasteiger partial charge in [0.15, 0.2) is 0 Å². The minimum Gasteiger partial charge on any atom is -0.350 e. The van der Waals surface area contributed by atoms with Gasteiger partial charge in [0.05, 0.1) is 13.1 Å². The standard InChI is InChI=1S/C19H27N3O3/c1-13(2)7-6-8-14(3)21-18(24)16-10-5-4-9-15(16)12-22-17(23)11-20-19(22)25/h4-5,9-10,13-14H,6-8,11-12H2,1-3H3,(H,20,25)(H,21,24). The van der Waals surface area contributed by atoms with Crippen LogP contribution in [0.25, 0.3) is 0 Å². The van der Waals surface area contributed by atoms with E-state index in [4.69, 9.17) is 0 Å². The Hall–Kier alpha value is -2.37. The maximum absolute atomic E-state index is 12.6. The van der Waals surface area contributed by atoms with Crippen LogP contribution in [0.15, 0.2) is 24.3 Å². The van der Waals surface area contributed by atoms with Gasteiger partial charge in [-0.25, -0.2) is 4.79 Å². The van der Waals surface area contributed by atoms with E-state index in [-0.39, 0.29) is 30.9 Å². The molecule has 0 spiro atoms. The molecule has 2 rings (SSSR count). The third-order valence-electron chi connectivity index (χ3n) is 4.32. The first kappa shape index (κ1) is 19.0. The highest BCUT2D eigenvalue weighted by molar-refractivity contribution is 6.02. The second-order valence-electron chi connectivity index (χ2n) is 6.99. The topological polar surface area (TPSA) is 78.5 Å². The molecule has 0 aromatic heterocycles. The van der Waals surface area contributed by atoms with Gasteiger partial charge in [-0.3, -0.25) is 14.5 Å². The normalized spacial score (nSPS) is 15.4. The number of rotatable bonds is 8. The summed E-state index contributed by atoms with van der Waals surface area (Å²) in [5.74, 6) is 0.217. The monoisotopic (exact) mass is 345 g/mol. The lowest BCUT2D eigenvalue weighted by Crippen LogP contribution is -2.35. The Kier molecular flexibility index (Phi) is 6.56. The van der Waals surface area contributed by atoms with Gasteiger partial charge in [0.2, 0.25) is 5.91 Å². The molecule has 1 aromatic carbocycles. The van der Waals surface area contributed by atoms with Gasteiger partial charge in [-0.1, -0.05) is 44.9 Å². The van der Waals surface area contributed by atoms with Gasteiger partial charge in [0.1, 0.15) is 0 Å². The third-order valence-corrected chi connectivity index (χ3v) is 4.32. The molecule has 0 radical (unpaired) electrons. The van der Waals surface area contributed by atoms with Gasteiger partial charge in [-0.15, -0.1) is 0 Å². The molecule has 0 saturated carbocycles. The van der Waals surface area contributed by atoms with Crippen LogP contribution in [0.4, 0.5) is 4.79 Å². The average molecular weight is 345 g/mol. The summed E-state index contributed by atoms with van der Waals surface area (Å²) < 4.78 is 0. The number of carbonyl (C=O) groups is 3. The molecule has 1 aliphatic heterocycles. The first-order chi connectivity index (χ1) is 11.9. The van der Waals surface area contributed by atoms with E-state index in [1.54, 1.807) is 24.3 Å². The molecule has 1 unspecified atom stereocenters. The molecule has 6 nitrogen and oxygen atoms in total. The number of nitrogens with one attached hydrogen (secondary N) is 2. The fourth-order valence-electron chi connectivity index (χ4n) is 2.87. The van der Waals surface area contributed by atoms with E-state index in [2.05, 4.69) is 24.5 Å². The van der Waals surface area contributed by atoms with Crippen LogP contribution in [0.3, 0.4) is 0 Å². The maximum Gasteiger partial charge on any atom is 0.324 e. The van der Waals surface area contributed by atoms with E-state index < -0.39 is 6.03 Å². The fourth-order valence-corrected chi connectivity index (χ4v) is 2.87. The van der Waals surface area contributed by atoms with Crippen molar-refractivity contribution >= 4 is 17.8 Å². The fraction of sp³-hybridized carbons (Fsp3) is 0.526. The van der Waals surface area contributed by atoms with Crippen molar-refractivity contribution in [3.05, 3.63) is 35.4 Å². The van der Waals surface area contributed by atoms with E-state index in [1.807, 2.05) is 6.92 Å². The Bertz CT molecular complexity index is 627. The number of amides is 4. The third kappa shape index (κ3) is 5.31. The van der Waals surface area contributed by atoms with Crippen LogP contribution in [-0.4, -0.2) is 35.3 Å². The lowest BCUT2D eigenvalue weighted by atomic mass is 10.0. The summed E-state index contributed by atoms with van der Waals surface area (Å²) in [4.78, 5) is 37.2. The van der Waals surface area contributed by atoms with Crippen molar-refractivity contribution in [3.63, 3.8) is 0 Å². The molecule has 1 heterocycles. The highest BCUT2D eigenvalue weighted by Crippen LogP contribution is 2.15.